The zero-order valence-corrected chi connectivity index (χ0v) is 8.79. The van der Waals surface area contributed by atoms with Crippen molar-refractivity contribution in [3.8, 4) is 0 Å². The van der Waals surface area contributed by atoms with Crippen LogP contribution in [0.1, 0.15) is 26.7 Å². The average molecular weight is 178 g/mol. The largest absolute Gasteiger partial charge is 0.483 e. The lowest BCUT2D eigenvalue weighted by Crippen LogP contribution is -2.25. The molecule has 68 valence electrons. The molecule has 0 N–H and O–H groups in total. The number of unbranched alkanes of at least 4 members (excludes halogenated alkanes) is 1. The highest BCUT2D eigenvalue weighted by molar-refractivity contribution is 6.36. The molecule has 0 saturated heterocycles. The smallest absolute Gasteiger partial charge is 0.379 e. The Balaban J connectivity index is 3.20. The van der Waals surface area contributed by atoms with Gasteiger partial charge >= 0.3 is 9.53 Å². The van der Waals surface area contributed by atoms with Crippen LogP contribution in [-0.2, 0) is 13.3 Å². The van der Waals surface area contributed by atoms with E-state index in [1.165, 1.54) is 0 Å². The standard InChI is InChI=1S/C7H18O3Si/c1-4-6-7-10-11(8-3)9-5-2/h11H,4-7H2,1-3H3. The predicted octanol–water partition coefficient (Wildman–Crippen LogP) is 1.20. The molecule has 0 aliphatic carbocycles. The maximum absolute atomic E-state index is 5.37. The zero-order valence-electron chi connectivity index (χ0n) is 7.63. The third-order valence-electron chi connectivity index (χ3n) is 1.25. The summed E-state index contributed by atoms with van der Waals surface area (Å²) in [6.07, 6.45) is 2.23. The van der Waals surface area contributed by atoms with Gasteiger partial charge in [0.2, 0.25) is 0 Å². The van der Waals surface area contributed by atoms with Gasteiger partial charge in [0.25, 0.3) is 0 Å². The van der Waals surface area contributed by atoms with E-state index in [0.717, 1.165) is 19.4 Å². The van der Waals surface area contributed by atoms with Crippen molar-refractivity contribution >= 4 is 9.53 Å². The molecule has 0 aromatic rings. The molecule has 1 atom stereocenters. The minimum absolute atomic E-state index is 0.677. The van der Waals surface area contributed by atoms with Crippen LogP contribution in [0.15, 0.2) is 0 Å². The molecule has 0 bridgehead atoms. The first kappa shape index (κ1) is 11.1. The molecular formula is C7H18O3Si. The van der Waals surface area contributed by atoms with Gasteiger partial charge < -0.3 is 13.3 Å². The first-order valence-corrected chi connectivity index (χ1v) is 5.52. The summed E-state index contributed by atoms with van der Waals surface area (Å²) in [4.78, 5) is 0. The van der Waals surface area contributed by atoms with E-state index in [-0.39, 0.29) is 0 Å². The van der Waals surface area contributed by atoms with Crippen molar-refractivity contribution in [2.75, 3.05) is 20.3 Å². The summed E-state index contributed by atoms with van der Waals surface area (Å²) in [6, 6.07) is 0. The lowest BCUT2D eigenvalue weighted by Gasteiger charge is -2.12. The number of rotatable bonds is 7. The van der Waals surface area contributed by atoms with E-state index in [1.54, 1.807) is 7.11 Å². The Kier molecular flexibility index (Phi) is 8.27. The van der Waals surface area contributed by atoms with Gasteiger partial charge in [-0.2, -0.15) is 0 Å². The van der Waals surface area contributed by atoms with Crippen LogP contribution in [0.25, 0.3) is 0 Å². The van der Waals surface area contributed by atoms with E-state index in [1.807, 2.05) is 6.92 Å². The average Bonchev–Trinajstić information content (AvgIpc) is 2.03. The second kappa shape index (κ2) is 8.20. The van der Waals surface area contributed by atoms with Gasteiger partial charge in [-0.15, -0.1) is 0 Å². The minimum Gasteiger partial charge on any atom is -0.379 e. The van der Waals surface area contributed by atoms with Crippen molar-refractivity contribution in [1.82, 2.24) is 0 Å². The fraction of sp³-hybridized carbons (Fsp3) is 1.00. The molecule has 1 unspecified atom stereocenters. The molecule has 4 heteroatoms. The summed E-state index contributed by atoms with van der Waals surface area (Å²) in [6.45, 7) is 5.52. The van der Waals surface area contributed by atoms with Crippen molar-refractivity contribution in [3.63, 3.8) is 0 Å². The third kappa shape index (κ3) is 6.49. The quantitative estimate of drug-likeness (QED) is 0.433. The maximum Gasteiger partial charge on any atom is 0.483 e. The van der Waals surface area contributed by atoms with E-state index in [0.29, 0.717) is 6.61 Å². The summed E-state index contributed by atoms with van der Waals surface area (Å²) >= 11 is 0. The molecule has 0 aromatic carbocycles. The van der Waals surface area contributed by atoms with Crippen molar-refractivity contribution < 1.29 is 13.3 Å². The molecule has 0 saturated carbocycles. The number of hydrogen-bond donors (Lipinski definition) is 0. The van der Waals surface area contributed by atoms with Crippen LogP contribution in [0, 0.1) is 0 Å². The summed E-state index contributed by atoms with van der Waals surface area (Å²) in [5.41, 5.74) is 0. The van der Waals surface area contributed by atoms with Crippen LogP contribution in [0.4, 0.5) is 0 Å². The Labute approximate surface area is 70.6 Å². The maximum atomic E-state index is 5.37. The third-order valence-corrected chi connectivity index (χ3v) is 2.75. The number of hydrogen-bond acceptors (Lipinski definition) is 3. The topological polar surface area (TPSA) is 27.7 Å². The second-order valence-electron chi connectivity index (χ2n) is 2.20. The van der Waals surface area contributed by atoms with E-state index < -0.39 is 9.53 Å². The molecule has 0 fully saturated rings. The zero-order chi connectivity index (χ0) is 8.53. The van der Waals surface area contributed by atoms with Crippen LogP contribution >= 0.6 is 0 Å². The van der Waals surface area contributed by atoms with Gasteiger partial charge in [0.15, 0.2) is 0 Å². The molecule has 0 aliphatic rings. The van der Waals surface area contributed by atoms with Gasteiger partial charge in [0.1, 0.15) is 0 Å². The summed E-state index contributed by atoms with van der Waals surface area (Å²) in [5, 5.41) is 0. The second-order valence-corrected chi connectivity index (χ2v) is 3.92. The lowest BCUT2D eigenvalue weighted by molar-refractivity contribution is 0.116. The molecule has 0 rings (SSSR count). The van der Waals surface area contributed by atoms with Gasteiger partial charge in [-0.05, 0) is 13.3 Å². The highest BCUT2D eigenvalue weighted by atomic mass is 28.3. The molecular weight excluding hydrogens is 160 g/mol. The molecule has 11 heavy (non-hydrogen) atoms. The highest BCUT2D eigenvalue weighted by Crippen LogP contribution is 1.94. The van der Waals surface area contributed by atoms with Crippen molar-refractivity contribution in [2.45, 2.75) is 26.7 Å². The first-order valence-electron chi connectivity index (χ1n) is 4.11. The van der Waals surface area contributed by atoms with Gasteiger partial charge in [0, 0.05) is 20.3 Å². The molecule has 0 amide bonds. The van der Waals surface area contributed by atoms with Crippen LogP contribution in [0.3, 0.4) is 0 Å². The summed E-state index contributed by atoms with van der Waals surface area (Å²) in [5.74, 6) is 0. The Bertz CT molecular complexity index is 80.1. The SMILES string of the molecule is CCCCO[SiH](OC)OCC. The van der Waals surface area contributed by atoms with Crippen molar-refractivity contribution in [3.05, 3.63) is 0 Å². The monoisotopic (exact) mass is 178 g/mol. The molecule has 0 aliphatic heterocycles. The first-order chi connectivity index (χ1) is 5.35. The van der Waals surface area contributed by atoms with Gasteiger partial charge in [-0.1, -0.05) is 13.3 Å². The molecule has 0 radical (unpaired) electrons. The Hall–Kier alpha value is 0.0969. The van der Waals surface area contributed by atoms with E-state index >= 15 is 0 Å². The van der Waals surface area contributed by atoms with Gasteiger partial charge in [-0.3, -0.25) is 0 Å². The molecule has 0 heterocycles. The fourth-order valence-corrected chi connectivity index (χ4v) is 1.64. The van der Waals surface area contributed by atoms with Crippen LogP contribution in [-0.4, -0.2) is 29.9 Å². The Morgan fingerprint density at radius 3 is 2.36 bits per heavy atom. The van der Waals surface area contributed by atoms with Crippen LogP contribution in [0.5, 0.6) is 0 Å². The lowest BCUT2D eigenvalue weighted by atomic mass is 10.4. The van der Waals surface area contributed by atoms with Crippen molar-refractivity contribution in [1.29, 1.82) is 0 Å². The fourth-order valence-electron chi connectivity index (χ4n) is 0.644. The predicted molar refractivity (Wildman–Crippen MR) is 46.6 cm³/mol. The van der Waals surface area contributed by atoms with Gasteiger partial charge in [0.05, 0.1) is 0 Å². The Morgan fingerprint density at radius 1 is 1.18 bits per heavy atom. The molecule has 0 aromatic heterocycles. The minimum atomic E-state index is -1.74. The summed E-state index contributed by atoms with van der Waals surface area (Å²) in [7, 11) is -0.107. The molecule has 3 nitrogen and oxygen atoms in total. The molecule has 0 spiro atoms. The van der Waals surface area contributed by atoms with Crippen LogP contribution < -0.4 is 0 Å². The van der Waals surface area contributed by atoms with E-state index in [4.69, 9.17) is 13.3 Å². The van der Waals surface area contributed by atoms with E-state index in [9.17, 15) is 0 Å². The van der Waals surface area contributed by atoms with Crippen molar-refractivity contribution in [2.24, 2.45) is 0 Å². The Morgan fingerprint density at radius 2 is 1.91 bits per heavy atom. The van der Waals surface area contributed by atoms with E-state index in [2.05, 4.69) is 6.92 Å². The highest BCUT2D eigenvalue weighted by Gasteiger charge is 2.10. The van der Waals surface area contributed by atoms with Crippen LogP contribution in [0.2, 0.25) is 0 Å². The normalized spacial score (nSPS) is 13.4. The van der Waals surface area contributed by atoms with Gasteiger partial charge in [-0.25, -0.2) is 0 Å². The summed E-state index contributed by atoms with van der Waals surface area (Å²) < 4.78 is 15.6.